The molecule has 13 heavy (non-hydrogen) atoms. The molecule has 0 spiro atoms. The highest BCUT2D eigenvalue weighted by atomic mass is 16.3. The first kappa shape index (κ1) is 12.9. The topological polar surface area (TPSA) is 40.5 Å². The molecule has 80 valence electrons. The first-order valence-corrected chi connectivity index (χ1v) is 5.45. The number of hydrogen-bond donors (Lipinski definition) is 2. The molecule has 0 bridgehead atoms. The van der Waals surface area contributed by atoms with Crippen LogP contribution in [-0.4, -0.2) is 22.4 Å². The Morgan fingerprint density at radius 1 is 1.00 bits per heavy atom. The maximum Gasteiger partial charge on any atom is 0.0821 e. The number of hydrogen-bond acceptors (Lipinski definition) is 2. The molecule has 0 saturated heterocycles. The zero-order chi connectivity index (χ0) is 10.3. The van der Waals surface area contributed by atoms with Crippen molar-refractivity contribution in [3.63, 3.8) is 0 Å². The standard InChI is InChI=1S/C11H24O2/c1-4-5-6-7-8-10(12)11(13)9(2)3/h9-13H,4-8H2,1-3H3. The second-order valence-electron chi connectivity index (χ2n) is 4.15. The second-order valence-corrected chi connectivity index (χ2v) is 4.15. The molecule has 2 N–H and O–H groups in total. The number of aliphatic hydroxyl groups excluding tert-OH is 2. The summed E-state index contributed by atoms with van der Waals surface area (Å²) in [6.07, 6.45) is 4.28. The van der Waals surface area contributed by atoms with Gasteiger partial charge < -0.3 is 10.2 Å². The van der Waals surface area contributed by atoms with Gasteiger partial charge in [0.25, 0.3) is 0 Å². The third-order valence-electron chi connectivity index (χ3n) is 2.43. The van der Waals surface area contributed by atoms with Gasteiger partial charge in [-0.1, -0.05) is 46.5 Å². The summed E-state index contributed by atoms with van der Waals surface area (Å²) in [6.45, 7) is 6.03. The van der Waals surface area contributed by atoms with Gasteiger partial charge in [0.1, 0.15) is 0 Å². The highest BCUT2D eigenvalue weighted by molar-refractivity contribution is 4.69. The Labute approximate surface area is 82.0 Å². The molecule has 0 saturated carbocycles. The molecule has 0 aromatic rings. The molecule has 0 heterocycles. The molecule has 0 radical (unpaired) electrons. The van der Waals surface area contributed by atoms with E-state index in [1.54, 1.807) is 0 Å². The van der Waals surface area contributed by atoms with Crippen LogP contribution < -0.4 is 0 Å². The van der Waals surface area contributed by atoms with Crippen LogP contribution in [0, 0.1) is 5.92 Å². The van der Waals surface area contributed by atoms with Crippen LogP contribution in [0.2, 0.25) is 0 Å². The van der Waals surface area contributed by atoms with Crippen molar-refractivity contribution < 1.29 is 10.2 Å². The Balaban J connectivity index is 3.44. The van der Waals surface area contributed by atoms with Crippen LogP contribution in [0.4, 0.5) is 0 Å². The quantitative estimate of drug-likeness (QED) is 0.602. The van der Waals surface area contributed by atoms with Gasteiger partial charge in [0.15, 0.2) is 0 Å². The third-order valence-corrected chi connectivity index (χ3v) is 2.43. The zero-order valence-corrected chi connectivity index (χ0v) is 9.16. The van der Waals surface area contributed by atoms with E-state index in [0.29, 0.717) is 0 Å². The summed E-state index contributed by atoms with van der Waals surface area (Å²) < 4.78 is 0. The molecule has 2 atom stereocenters. The molecule has 0 aliphatic rings. The van der Waals surface area contributed by atoms with E-state index in [0.717, 1.165) is 12.8 Å². The Hall–Kier alpha value is -0.0800. The van der Waals surface area contributed by atoms with Crippen molar-refractivity contribution in [2.75, 3.05) is 0 Å². The number of rotatable bonds is 7. The van der Waals surface area contributed by atoms with Gasteiger partial charge >= 0.3 is 0 Å². The average Bonchev–Trinajstić information content (AvgIpc) is 2.10. The van der Waals surface area contributed by atoms with Gasteiger partial charge in [-0.15, -0.1) is 0 Å². The fourth-order valence-corrected chi connectivity index (χ4v) is 1.40. The normalized spacial score (nSPS) is 16.2. The Kier molecular flexibility index (Phi) is 7.29. The zero-order valence-electron chi connectivity index (χ0n) is 9.16. The maximum absolute atomic E-state index is 9.54. The predicted octanol–water partition coefficient (Wildman–Crippen LogP) is 2.33. The average molecular weight is 188 g/mol. The van der Waals surface area contributed by atoms with E-state index < -0.39 is 12.2 Å². The summed E-state index contributed by atoms with van der Waals surface area (Å²) >= 11 is 0. The van der Waals surface area contributed by atoms with E-state index in [1.165, 1.54) is 19.3 Å². The minimum absolute atomic E-state index is 0.154. The molecule has 0 amide bonds. The van der Waals surface area contributed by atoms with Gasteiger partial charge in [0, 0.05) is 0 Å². The molecule has 0 aromatic carbocycles. The molecule has 0 fully saturated rings. The lowest BCUT2D eigenvalue weighted by Crippen LogP contribution is -2.30. The van der Waals surface area contributed by atoms with Crippen LogP contribution in [0.1, 0.15) is 52.9 Å². The molecule has 2 unspecified atom stereocenters. The molecule has 0 rings (SSSR count). The van der Waals surface area contributed by atoms with Crippen molar-refractivity contribution in [3.8, 4) is 0 Å². The minimum atomic E-state index is -0.554. The third kappa shape index (κ3) is 6.05. The summed E-state index contributed by atoms with van der Waals surface area (Å²) in [5, 5.41) is 19.0. The van der Waals surface area contributed by atoms with Crippen LogP contribution in [0.25, 0.3) is 0 Å². The Bertz CT molecular complexity index is 113. The Morgan fingerprint density at radius 3 is 2.08 bits per heavy atom. The summed E-state index contributed by atoms with van der Waals surface area (Å²) in [6, 6.07) is 0. The molecule has 0 aliphatic heterocycles. The van der Waals surface area contributed by atoms with Crippen molar-refractivity contribution in [1.82, 2.24) is 0 Å². The SMILES string of the molecule is CCCCCCC(O)C(O)C(C)C. The number of aliphatic hydroxyl groups is 2. The monoisotopic (exact) mass is 188 g/mol. The molecule has 2 heteroatoms. The van der Waals surface area contributed by atoms with Crippen molar-refractivity contribution in [2.24, 2.45) is 5.92 Å². The van der Waals surface area contributed by atoms with Crippen LogP contribution >= 0.6 is 0 Å². The van der Waals surface area contributed by atoms with Gasteiger partial charge in [0.05, 0.1) is 12.2 Å². The van der Waals surface area contributed by atoms with E-state index in [2.05, 4.69) is 6.92 Å². The highest BCUT2D eigenvalue weighted by Crippen LogP contribution is 2.13. The van der Waals surface area contributed by atoms with Crippen molar-refractivity contribution in [1.29, 1.82) is 0 Å². The van der Waals surface area contributed by atoms with E-state index in [4.69, 9.17) is 0 Å². The van der Waals surface area contributed by atoms with Crippen LogP contribution in [0.3, 0.4) is 0 Å². The van der Waals surface area contributed by atoms with Crippen LogP contribution in [0.5, 0.6) is 0 Å². The van der Waals surface area contributed by atoms with Crippen molar-refractivity contribution in [3.05, 3.63) is 0 Å². The van der Waals surface area contributed by atoms with Gasteiger partial charge in [-0.2, -0.15) is 0 Å². The fourth-order valence-electron chi connectivity index (χ4n) is 1.40. The van der Waals surface area contributed by atoms with E-state index in [9.17, 15) is 10.2 Å². The number of unbranched alkanes of at least 4 members (excludes halogenated alkanes) is 3. The first-order chi connectivity index (χ1) is 6.09. The second kappa shape index (κ2) is 7.34. The van der Waals surface area contributed by atoms with Crippen LogP contribution in [-0.2, 0) is 0 Å². The highest BCUT2D eigenvalue weighted by Gasteiger charge is 2.18. The van der Waals surface area contributed by atoms with E-state index in [1.807, 2.05) is 13.8 Å². The van der Waals surface area contributed by atoms with Crippen molar-refractivity contribution >= 4 is 0 Å². The molecular weight excluding hydrogens is 164 g/mol. The predicted molar refractivity (Wildman–Crippen MR) is 55.6 cm³/mol. The lowest BCUT2D eigenvalue weighted by atomic mass is 9.97. The van der Waals surface area contributed by atoms with Crippen LogP contribution in [0.15, 0.2) is 0 Å². The fraction of sp³-hybridized carbons (Fsp3) is 1.00. The first-order valence-electron chi connectivity index (χ1n) is 5.45. The molecular formula is C11H24O2. The van der Waals surface area contributed by atoms with Gasteiger partial charge in [0.2, 0.25) is 0 Å². The Morgan fingerprint density at radius 2 is 1.62 bits per heavy atom. The summed E-state index contributed by atoms with van der Waals surface area (Å²) in [7, 11) is 0. The van der Waals surface area contributed by atoms with E-state index >= 15 is 0 Å². The maximum atomic E-state index is 9.54. The summed E-state index contributed by atoms with van der Waals surface area (Å²) in [4.78, 5) is 0. The lowest BCUT2D eigenvalue weighted by Gasteiger charge is -2.20. The van der Waals surface area contributed by atoms with Crippen molar-refractivity contribution in [2.45, 2.75) is 65.1 Å². The molecule has 0 aliphatic carbocycles. The van der Waals surface area contributed by atoms with E-state index in [-0.39, 0.29) is 5.92 Å². The van der Waals surface area contributed by atoms with Gasteiger partial charge in [-0.25, -0.2) is 0 Å². The van der Waals surface area contributed by atoms with Gasteiger partial charge in [-0.3, -0.25) is 0 Å². The largest absolute Gasteiger partial charge is 0.390 e. The minimum Gasteiger partial charge on any atom is -0.390 e. The summed E-state index contributed by atoms with van der Waals surface area (Å²) in [5.41, 5.74) is 0. The molecule has 2 nitrogen and oxygen atoms in total. The van der Waals surface area contributed by atoms with Gasteiger partial charge in [-0.05, 0) is 12.3 Å². The lowest BCUT2D eigenvalue weighted by molar-refractivity contribution is -0.0132. The summed E-state index contributed by atoms with van der Waals surface area (Å²) in [5.74, 6) is 0.154. The smallest absolute Gasteiger partial charge is 0.0821 e. The molecule has 0 aromatic heterocycles.